The molecule has 0 radical (unpaired) electrons. The summed E-state index contributed by atoms with van der Waals surface area (Å²) in [4.78, 5) is 25.8. The van der Waals surface area contributed by atoms with Gasteiger partial charge in [-0.05, 0) is 38.5 Å². The van der Waals surface area contributed by atoms with Crippen LogP contribution in [0.25, 0.3) is 22.2 Å². The molecule has 0 aliphatic carbocycles. The number of aromatic nitrogens is 4. The molecule has 4 aromatic rings. The molecule has 5 rings (SSSR count). The van der Waals surface area contributed by atoms with Gasteiger partial charge in [0.2, 0.25) is 0 Å². The number of esters is 1. The van der Waals surface area contributed by atoms with Gasteiger partial charge in [0.15, 0.2) is 5.82 Å². The molecule has 0 bridgehead atoms. The number of carbonyl (C=O) groups is 1. The third-order valence-corrected chi connectivity index (χ3v) is 6.94. The number of unbranched alkanes of at least 4 members (excludes halogenated alkanes) is 1. The monoisotopic (exact) mass is 570 g/mol. The van der Waals surface area contributed by atoms with Gasteiger partial charge in [-0.1, -0.05) is 19.4 Å². The average molecular weight is 571 g/mol. The minimum Gasteiger partial charge on any atom is -0.462 e. The van der Waals surface area contributed by atoms with E-state index in [1.807, 2.05) is 6.92 Å². The van der Waals surface area contributed by atoms with Gasteiger partial charge in [0, 0.05) is 41.6 Å². The zero-order valence-electron chi connectivity index (χ0n) is 22.6. The number of ether oxygens (including phenoxy) is 2. The largest absolute Gasteiger partial charge is 0.462 e. The van der Waals surface area contributed by atoms with Crippen molar-refractivity contribution < 1.29 is 37.7 Å². The van der Waals surface area contributed by atoms with Gasteiger partial charge in [-0.3, -0.25) is 0 Å². The number of alkyl halides is 2. The molecule has 216 valence electrons. The van der Waals surface area contributed by atoms with Crippen LogP contribution >= 0.6 is 0 Å². The molecule has 9 nitrogen and oxygen atoms in total. The maximum Gasteiger partial charge on any atom is 0.387 e. The predicted octanol–water partition coefficient (Wildman–Crippen LogP) is 5.44. The first kappa shape index (κ1) is 28.5. The van der Waals surface area contributed by atoms with E-state index in [0.717, 1.165) is 6.42 Å². The number of hydrogen-bond donors (Lipinski definition) is 2. The Bertz CT molecular complexity index is 1580. The van der Waals surface area contributed by atoms with Crippen LogP contribution in [0.3, 0.4) is 0 Å². The normalized spacial score (nSPS) is 16.8. The first-order chi connectivity index (χ1) is 19.5. The first-order valence-electron chi connectivity index (χ1n) is 13.2. The fourth-order valence-electron chi connectivity index (χ4n) is 5.02. The van der Waals surface area contributed by atoms with Crippen molar-refractivity contribution in [1.29, 1.82) is 0 Å². The molecule has 1 aliphatic rings. The van der Waals surface area contributed by atoms with Crippen molar-refractivity contribution in [3.05, 3.63) is 71.3 Å². The van der Waals surface area contributed by atoms with Crippen LogP contribution < -0.4 is 4.74 Å². The lowest BCUT2D eigenvalue weighted by Crippen LogP contribution is -2.19. The molecule has 1 aliphatic heterocycles. The molecule has 0 fully saturated rings. The van der Waals surface area contributed by atoms with Crippen molar-refractivity contribution >= 4 is 17.0 Å². The first-order valence-corrected chi connectivity index (χ1v) is 13.2. The number of rotatable bonds is 9. The SMILES string of the molecule is CCCCOC(=O)c1cccc(OC(F)F)c1[C@H]1C[C@H](O)c2nc3cc(F)c(-c4cnc(C(C)(C)O)nc4)cc3n21. The maximum absolute atomic E-state index is 15.3. The van der Waals surface area contributed by atoms with Crippen LogP contribution in [-0.2, 0) is 10.3 Å². The van der Waals surface area contributed by atoms with E-state index in [9.17, 15) is 23.8 Å². The molecule has 0 saturated carbocycles. The van der Waals surface area contributed by atoms with Crippen molar-refractivity contribution in [2.24, 2.45) is 0 Å². The van der Waals surface area contributed by atoms with E-state index >= 15 is 4.39 Å². The summed E-state index contributed by atoms with van der Waals surface area (Å²) < 4.78 is 54.0. The average Bonchev–Trinajstić information content (AvgIpc) is 3.44. The van der Waals surface area contributed by atoms with Gasteiger partial charge in [0.25, 0.3) is 0 Å². The number of benzene rings is 2. The Labute approximate surface area is 233 Å². The number of aliphatic hydroxyl groups is 2. The Hall–Kier alpha value is -4.03. The minimum absolute atomic E-state index is 0.00717. The van der Waals surface area contributed by atoms with Crippen molar-refractivity contribution in [2.45, 2.75) is 64.4 Å². The van der Waals surface area contributed by atoms with E-state index in [1.165, 1.54) is 56.6 Å². The molecule has 2 aromatic carbocycles. The molecule has 3 heterocycles. The summed E-state index contributed by atoms with van der Waals surface area (Å²) in [5.41, 5.74) is -0.109. The second-order valence-corrected chi connectivity index (χ2v) is 10.4. The third-order valence-electron chi connectivity index (χ3n) is 6.94. The summed E-state index contributed by atoms with van der Waals surface area (Å²) in [6.45, 7) is 1.97. The van der Waals surface area contributed by atoms with E-state index in [2.05, 4.69) is 15.0 Å². The predicted molar refractivity (Wildman–Crippen MR) is 142 cm³/mol. The van der Waals surface area contributed by atoms with Crippen molar-refractivity contribution in [3.63, 3.8) is 0 Å². The molecule has 0 spiro atoms. The summed E-state index contributed by atoms with van der Waals surface area (Å²) in [6.07, 6.45) is 3.06. The van der Waals surface area contributed by atoms with Crippen LogP contribution in [0, 0.1) is 5.82 Å². The molecular formula is C29H29F3N4O5. The fraction of sp³-hybridized carbons (Fsp3) is 0.379. The minimum atomic E-state index is -3.17. The van der Waals surface area contributed by atoms with Gasteiger partial charge in [0.05, 0.1) is 29.2 Å². The Kier molecular flexibility index (Phi) is 7.71. The standard InChI is InChI=1S/C29H29F3N4O5/c1-4-5-9-40-26(38)16-7-6-8-23(41-28(31)32)24(16)21-12-22(37)25-35-19-11-18(30)17(10-20(19)36(21)25)15-13-33-27(34-14-15)29(2,3)39/h6-8,10-11,13-14,21-22,28,37,39H,4-5,9,12H2,1-3H3/t21-,22+/m1/s1. The Balaban J connectivity index is 1.65. The Morgan fingerprint density at radius 3 is 2.61 bits per heavy atom. The highest BCUT2D eigenvalue weighted by Crippen LogP contribution is 2.46. The zero-order valence-corrected chi connectivity index (χ0v) is 22.6. The lowest BCUT2D eigenvalue weighted by molar-refractivity contribution is -0.0508. The Morgan fingerprint density at radius 1 is 1.22 bits per heavy atom. The van der Waals surface area contributed by atoms with Crippen LogP contribution in [0.2, 0.25) is 0 Å². The topological polar surface area (TPSA) is 120 Å². The van der Waals surface area contributed by atoms with Gasteiger partial charge >= 0.3 is 12.6 Å². The van der Waals surface area contributed by atoms with Crippen LogP contribution in [0.15, 0.2) is 42.7 Å². The number of carbonyl (C=O) groups excluding carboxylic acids is 1. The molecule has 2 aromatic heterocycles. The van der Waals surface area contributed by atoms with Gasteiger partial charge < -0.3 is 24.3 Å². The van der Waals surface area contributed by atoms with Gasteiger partial charge in [0.1, 0.15) is 29.1 Å². The highest BCUT2D eigenvalue weighted by Gasteiger charge is 2.38. The molecule has 2 N–H and O–H groups in total. The van der Waals surface area contributed by atoms with E-state index in [1.54, 1.807) is 4.57 Å². The quantitative estimate of drug-likeness (QED) is 0.202. The molecule has 0 saturated heterocycles. The van der Waals surface area contributed by atoms with E-state index in [-0.39, 0.29) is 52.6 Å². The number of fused-ring (bicyclic) bond motifs is 3. The number of nitrogens with zero attached hydrogens (tertiary/aromatic N) is 4. The van der Waals surface area contributed by atoms with E-state index < -0.39 is 36.1 Å². The van der Waals surface area contributed by atoms with Gasteiger partial charge in [-0.2, -0.15) is 8.78 Å². The lowest BCUT2D eigenvalue weighted by atomic mass is 9.96. The van der Waals surface area contributed by atoms with Crippen LogP contribution in [0.4, 0.5) is 13.2 Å². The van der Waals surface area contributed by atoms with Crippen LogP contribution in [0.1, 0.15) is 79.7 Å². The van der Waals surface area contributed by atoms with E-state index in [4.69, 9.17) is 9.47 Å². The zero-order chi connectivity index (χ0) is 29.5. The van der Waals surface area contributed by atoms with Gasteiger partial charge in [-0.15, -0.1) is 0 Å². The summed E-state index contributed by atoms with van der Waals surface area (Å²) in [7, 11) is 0. The Morgan fingerprint density at radius 2 is 1.95 bits per heavy atom. The summed E-state index contributed by atoms with van der Waals surface area (Å²) in [6, 6.07) is 6.04. The lowest BCUT2D eigenvalue weighted by Gasteiger charge is -2.22. The summed E-state index contributed by atoms with van der Waals surface area (Å²) in [5, 5.41) is 21.1. The molecular weight excluding hydrogens is 541 g/mol. The second-order valence-electron chi connectivity index (χ2n) is 10.4. The van der Waals surface area contributed by atoms with Crippen LogP contribution in [-0.4, -0.2) is 48.9 Å². The highest BCUT2D eigenvalue weighted by molar-refractivity contribution is 5.92. The number of halogens is 3. The summed E-state index contributed by atoms with van der Waals surface area (Å²) in [5.74, 6) is -1.23. The van der Waals surface area contributed by atoms with Crippen molar-refractivity contribution in [1.82, 2.24) is 19.5 Å². The fourth-order valence-corrected chi connectivity index (χ4v) is 5.02. The van der Waals surface area contributed by atoms with E-state index in [0.29, 0.717) is 17.5 Å². The molecule has 2 atom stereocenters. The molecule has 0 unspecified atom stereocenters. The molecule has 41 heavy (non-hydrogen) atoms. The third kappa shape index (κ3) is 5.49. The summed E-state index contributed by atoms with van der Waals surface area (Å²) >= 11 is 0. The highest BCUT2D eigenvalue weighted by atomic mass is 19.3. The number of aliphatic hydroxyl groups excluding tert-OH is 1. The molecule has 0 amide bonds. The smallest absolute Gasteiger partial charge is 0.387 e. The van der Waals surface area contributed by atoms with Crippen molar-refractivity contribution in [3.8, 4) is 16.9 Å². The second kappa shape index (κ2) is 11.1. The van der Waals surface area contributed by atoms with Crippen LogP contribution in [0.5, 0.6) is 5.75 Å². The van der Waals surface area contributed by atoms with Crippen molar-refractivity contribution in [2.75, 3.05) is 6.61 Å². The molecule has 12 heteroatoms. The maximum atomic E-state index is 15.3. The number of hydrogen-bond acceptors (Lipinski definition) is 8. The van der Waals surface area contributed by atoms with Gasteiger partial charge in [-0.25, -0.2) is 24.1 Å². The number of imidazole rings is 1.